The van der Waals surface area contributed by atoms with Gasteiger partial charge in [0, 0.05) is 42.6 Å². The van der Waals surface area contributed by atoms with Gasteiger partial charge < -0.3 is 9.64 Å². The van der Waals surface area contributed by atoms with E-state index in [0.717, 1.165) is 28.1 Å². The molecule has 1 aliphatic rings. The number of nitrogens with one attached hydrogen (secondary N) is 1. The third-order valence-corrected chi connectivity index (χ3v) is 4.85. The number of anilines is 1. The predicted molar refractivity (Wildman–Crippen MR) is 105 cm³/mol. The highest BCUT2D eigenvalue weighted by Crippen LogP contribution is 2.29. The van der Waals surface area contributed by atoms with Crippen molar-refractivity contribution in [3.8, 4) is 22.9 Å². The molecule has 3 aromatic rings. The number of amides is 2. The van der Waals surface area contributed by atoms with Crippen LogP contribution in [0.15, 0.2) is 54.9 Å². The summed E-state index contributed by atoms with van der Waals surface area (Å²) in [6.07, 6.45) is 3.42. The minimum absolute atomic E-state index is 0.0669. The number of carbonyl (C=O) groups is 1. The summed E-state index contributed by atoms with van der Waals surface area (Å²) in [5.41, 5.74) is 3.89. The summed E-state index contributed by atoms with van der Waals surface area (Å²) in [7, 11) is 1.63. The Morgan fingerprint density at radius 2 is 2.14 bits per heavy atom. The lowest BCUT2D eigenvalue weighted by Crippen LogP contribution is -2.31. The molecule has 1 aliphatic heterocycles. The number of hydrogen-bond donors (Lipinski definition) is 1. The van der Waals surface area contributed by atoms with Crippen molar-refractivity contribution in [2.45, 2.75) is 6.54 Å². The van der Waals surface area contributed by atoms with Gasteiger partial charge in [0.1, 0.15) is 5.75 Å². The van der Waals surface area contributed by atoms with Crippen molar-refractivity contribution >= 4 is 11.7 Å². The largest absolute Gasteiger partial charge is 0.497 e. The van der Waals surface area contributed by atoms with Crippen LogP contribution in [-0.4, -0.2) is 41.3 Å². The van der Waals surface area contributed by atoms with E-state index < -0.39 is 0 Å². The van der Waals surface area contributed by atoms with Gasteiger partial charge in [-0.1, -0.05) is 18.2 Å². The number of nitrogens with zero attached hydrogens (tertiary/aromatic N) is 4. The molecular weight excluding hydrogens is 354 g/mol. The third-order valence-electron chi connectivity index (χ3n) is 4.85. The molecule has 140 valence electrons. The minimum atomic E-state index is -0.0669. The van der Waals surface area contributed by atoms with Crippen LogP contribution in [0.2, 0.25) is 0 Å². The van der Waals surface area contributed by atoms with Crippen molar-refractivity contribution in [2.75, 3.05) is 25.1 Å². The standard InChI is InChI=1S/C21H19N5O2/c1-28-19-4-2-3-15(9-19)14-25-7-8-26(21(25)27)18-5-6-20(16(10-18)11-22)17-12-23-24-13-17/h2-6,9-10,12-13H,7-8,14H2,1H3,(H,23,24). The van der Waals surface area contributed by atoms with Crippen LogP contribution in [0.1, 0.15) is 11.1 Å². The fraction of sp³-hybridized carbons (Fsp3) is 0.190. The van der Waals surface area contributed by atoms with E-state index in [9.17, 15) is 10.1 Å². The summed E-state index contributed by atoms with van der Waals surface area (Å²) < 4.78 is 5.25. The molecule has 0 spiro atoms. The number of carbonyl (C=O) groups excluding carboxylic acids is 1. The number of aromatic amines is 1. The molecular formula is C21H19N5O2. The summed E-state index contributed by atoms with van der Waals surface area (Å²) >= 11 is 0. The number of hydrogen-bond acceptors (Lipinski definition) is 4. The highest BCUT2D eigenvalue weighted by atomic mass is 16.5. The lowest BCUT2D eigenvalue weighted by Gasteiger charge is -2.19. The average Bonchev–Trinajstić information content (AvgIpc) is 3.38. The first-order valence-electron chi connectivity index (χ1n) is 8.92. The van der Waals surface area contributed by atoms with E-state index in [0.29, 0.717) is 25.2 Å². The topological polar surface area (TPSA) is 85.2 Å². The van der Waals surface area contributed by atoms with Crippen molar-refractivity contribution in [2.24, 2.45) is 0 Å². The molecule has 4 rings (SSSR count). The number of benzene rings is 2. The maximum Gasteiger partial charge on any atom is 0.324 e. The van der Waals surface area contributed by atoms with E-state index in [4.69, 9.17) is 4.74 Å². The smallest absolute Gasteiger partial charge is 0.324 e. The maximum absolute atomic E-state index is 12.9. The number of H-pyrrole nitrogens is 1. The van der Waals surface area contributed by atoms with Crippen molar-refractivity contribution < 1.29 is 9.53 Å². The van der Waals surface area contributed by atoms with E-state index in [-0.39, 0.29) is 6.03 Å². The van der Waals surface area contributed by atoms with Crippen LogP contribution in [0.25, 0.3) is 11.1 Å². The Balaban J connectivity index is 1.54. The highest BCUT2D eigenvalue weighted by Gasteiger charge is 2.30. The Labute approximate surface area is 162 Å². The van der Waals surface area contributed by atoms with Gasteiger partial charge in [0.05, 0.1) is 24.9 Å². The quantitative estimate of drug-likeness (QED) is 0.743. The zero-order chi connectivity index (χ0) is 19.5. The molecule has 2 amide bonds. The second-order valence-corrected chi connectivity index (χ2v) is 6.54. The van der Waals surface area contributed by atoms with Crippen LogP contribution >= 0.6 is 0 Å². The molecule has 7 heteroatoms. The molecule has 0 atom stereocenters. The Morgan fingerprint density at radius 3 is 2.89 bits per heavy atom. The molecule has 0 aliphatic carbocycles. The van der Waals surface area contributed by atoms with Crippen LogP contribution < -0.4 is 9.64 Å². The van der Waals surface area contributed by atoms with Crippen LogP contribution in [0.5, 0.6) is 5.75 Å². The normalized spacial score (nSPS) is 13.6. The van der Waals surface area contributed by atoms with Gasteiger partial charge in [-0.15, -0.1) is 0 Å². The van der Waals surface area contributed by atoms with Gasteiger partial charge in [-0.05, 0) is 29.8 Å². The first-order valence-corrected chi connectivity index (χ1v) is 8.92. The molecule has 2 aromatic carbocycles. The van der Waals surface area contributed by atoms with Crippen LogP contribution in [-0.2, 0) is 6.54 Å². The van der Waals surface area contributed by atoms with Gasteiger partial charge in [-0.2, -0.15) is 10.4 Å². The van der Waals surface area contributed by atoms with E-state index in [1.165, 1.54) is 0 Å². The van der Waals surface area contributed by atoms with Crippen molar-refractivity contribution in [3.63, 3.8) is 0 Å². The second-order valence-electron chi connectivity index (χ2n) is 6.54. The molecule has 28 heavy (non-hydrogen) atoms. The average molecular weight is 373 g/mol. The zero-order valence-corrected chi connectivity index (χ0v) is 15.4. The molecule has 0 bridgehead atoms. The summed E-state index contributed by atoms with van der Waals surface area (Å²) in [4.78, 5) is 16.4. The summed E-state index contributed by atoms with van der Waals surface area (Å²) in [6.45, 7) is 1.73. The Kier molecular flexibility index (Phi) is 4.68. The SMILES string of the molecule is COc1cccc(CN2CCN(c3ccc(-c4cn[nH]c4)c(C#N)c3)C2=O)c1. The molecule has 0 unspecified atom stereocenters. The second kappa shape index (κ2) is 7.45. The van der Waals surface area contributed by atoms with Gasteiger partial charge in [0.2, 0.25) is 0 Å². The number of ether oxygens (including phenoxy) is 1. The first-order chi connectivity index (χ1) is 13.7. The monoisotopic (exact) mass is 373 g/mol. The molecule has 0 radical (unpaired) electrons. The number of aromatic nitrogens is 2. The van der Waals surface area contributed by atoms with E-state index in [2.05, 4.69) is 16.3 Å². The maximum atomic E-state index is 12.9. The van der Waals surface area contributed by atoms with Gasteiger partial charge in [0.15, 0.2) is 0 Å². The third kappa shape index (κ3) is 3.28. The van der Waals surface area contributed by atoms with Crippen molar-refractivity contribution in [3.05, 3.63) is 66.0 Å². The van der Waals surface area contributed by atoms with E-state index in [1.807, 2.05) is 36.4 Å². The van der Waals surface area contributed by atoms with E-state index >= 15 is 0 Å². The van der Waals surface area contributed by atoms with Gasteiger partial charge in [0.25, 0.3) is 0 Å². The molecule has 1 saturated heterocycles. The lowest BCUT2D eigenvalue weighted by atomic mass is 10.0. The fourth-order valence-electron chi connectivity index (χ4n) is 3.40. The Bertz CT molecular complexity index is 1040. The summed E-state index contributed by atoms with van der Waals surface area (Å²) in [5.74, 6) is 0.773. The van der Waals surface area contributed by atoms with Gasteiger partial charge >= 0.3 is 6.03 Å². The molecule has 2 heterocycles. The highest BCUT2D eigenvalue weighted by molar-refractivity contribution is 5.94. The summed E-state index contributed by atoms with van der Waals surface area (Å²) in [5, 5.41) is 16.2. The molecule has 1 aromatic heterocycles. The number of rotatable bonds is 5. The van der Waals surface area contributed by atoms with Crippen LogP contribution in [0.4, 0.5) is 10.5 Å². The molecule has 1 N–H and O–H groups in total. The predicted octanol–water partition coefficient (Wildman–Crippen LogP) is 3.40. The Hall–Kier alpha value is -3.79. The van der Waals surface area contributed by atoms with Crippen LogP contribution in [0.3, 0.4) is 0 Å². The van der Waals surface area contributed by atoms with E-state index in [1.54, 1.807) is 35.4 Å². The van der Waals surface area contributed by atoms with Gasteiger partial charge in [-0.3, -0.25) is 10.00 Å². The molecule has 7 nitrogen and oxygen atoms in total. The molecule has 0 saturated carbocycles. The van der Waals surface area contributed by atoms with Gasteiger partial charge in [-0.25, -0.2) is 4.79 Å². The molecule has 1 fully saturated rings. The minimum Gasteiger partial charge on any atom is -0.497 e. The number of methoxy groups -OCH3 is 1. The lowest BCUT2D eigenvalue weighted by molar-refractivity contribution is 0.218. The number of urea groups is 1. The van der Waals surface area contributed by atoms with Crippen molar-refractivity contribution in [1.82, 2.24) is 15.1 Å². The van der Waals surface area contributed by atoms with Crippen LogP contribution in [0, 0.1) is 11.3 Å². The Morgan fingerprint density at radius 1 is 1.25 bits per heavy atom. The summed E-state index contributed by atoms with van der Waals surface area (Å²) in [6, 6.07) is 15.4. The zero-order valence-electron chi connectivity index (χ0n) is 15.4. The van der Waals surface area contributed by atoms with Crippen molar-refractivity contribution in [1.29, 1.82) is 5.26 Å². The first kappa shape index (κ1) is 17.6. The fourth-order valence-corrected chi connectivity index (χ4v) is 3.40. The number of nitriles is 1.